The molecule has 49 heavy (non-hydrogen) atoms. The molecule has 0 spiro atoms. The van der Waals surface area contributed by atoms with E-state index in [1.807, 2.05) is 4.93 Å². The number of nitrogens with zero attached hydrogens (tertiary/aromatic N) is 5. The lowest BCUT2D eigenvalue weighted by atomic mass is 9.98. The third-order valence-electron chi connectivity index (χ3n) is 6.79. The van der Waals surface area contributed by atoms with Gasteiger partial charge in [0, 0.05) is 39.7 Å². The van der Waals surface area contributed by atoms with Crippen molar-refractivity contribution in [1.82, 2.24) is 0 Å². The summed E-state index contributed by atoms with van der Waals surface area (Å²) < 4.78 is 0. The zero-order chi connectivity index (χ0) is 37.5. The van der Waals surface area contributed by atoms with Gasteiger partial charge in [-0.15, -0.1) is 0 Å². The predicted octanol–water partition coefficient (Wildman–Crippen LogP) is 12.0. The summed E-state index contributed by atoms with van der Waals surface area (Å²) in [5.41, 5.74) is 0.0625. The average Bonchev–Trinajstić information content (AvgIpc) is 3.02. The third-order valence-corrected chi connectivity index (χ3v) is 8.87. The number of anilines is 2. The number of hydrogen-bond acceptors (Lipinski definition) is 9. The second-order valence-corrected chi connectivity index (χ2v) is 12.1. The molecule has 260 valence electrons. The van der Waals surface area contributed by atoms with Crippen LogP contribution in [0.1, 0.15) is 22.3 Å². The second-order valence-electron chi connectivity index (χ2n) is 9.63. The van der Waals surface area contributed by atoms with Gasteiger partial charge in [-0.25, -0.2) is 0 Å². The van der Waals surface area contributed by atoms with E-state index >= 15 is 0 Å². The smallest absolute Gasteiger partial charge is 0.300 e. The van der Waals surface area contributed by atoms with Gasteiger partial charge in [0.1, 0.15) is 15.7 Å². The van der Waals surface area contributed by atoms with Crippen molar-refractivity contribution in [1.29, 1.82) is 0 Å². The summed E-state index contributed by atoms with van der Waals surface area (Å²) in [6.45, 7) is 2.97. The molecule has 4 aromatic carbocycles. The van der Waals surface area contributed by atoms with E-state index in [-0.39, 0.29) is 49.6 Å². The van der Waals surface area contributed by atoms with Crippen LogP contribution in [0, 0.1) is 54.3 Å². The van der Waals surface area contributed by atoms with E-state index < -0.39 is 36.8 Å². The fraction of sp³-hybridized carbons (Fsp3) is 0.172. The summed E-state index contributed by atoms with van der Waals surface area (Å²) >= 11 is 38.1. The Kier molecular flexibility index (Phi) is 15.5. The molecular weight excluding hydrogens is 886 g/mol. The van der Waals surface area contributed by atoms with Gasteiger partial charge < -0.3 is 4.90 Å². The normalized spacial score (nSPS) is 10.3. The summed E-state index contributed by atoms with van der Waals surface area (Å²) in [6, 6.07) is 11.1. The standard InChI is InChI=1S/C14H10Cl3N3O4.C14H9Cl3N2O4.CH3I/c1-7-13(17)11(19(21)22)6-12(20(23)24)14(7)18(2)10-4-3-8(15)5-9(10)16;1-7-10(4-8-2-3-9(15)5-11(8)16)12(18(20)21)6-13(14(7)17)19(22)23;1-2/h3-6H,1-2H3;2-3,5-6H,4H2,1H3;1H3. The highest BCUT2D eigenvalue weighted by Crippen LogP contribution is 2.45. The molecule has 4 rings (SSSR count). The molecule has 0 amide bonds. The van der Waals surface area contributed by atoms with E-state index in [2.05, 4.69) is 22.6 Å². The van der Waals surface area contributed by atoms with Crippen molar-refractivity contribution in [2.45, 2.75) is 20.3 Å². The lowest BCUT2D eigenvalue weighted by molar-refractivity contribution is -0.394. The highest BCUT2D eigenvalue weighted by molar-refractivity contribution is 14.1. The van der Waals surface area contributed by atoms with Crippen molar-refractivity contribution in [3.05, 3.63) is 141 Å². The van der Waals surface area contributed by atoms with Crippen LogP contribution >= 0.6 is 92.2 Å². The lowest BCUT2D eigenvalue weighted by Gasteiger charge is -2.23. The fourth-order valence-electron chi connectivity index (χ4n) is 4.49. The number of benzene rings is 4. The minimum Gasteiger partial charge on any atom is -0.338 e. The molecule has 0 aromatic heterocycles. The highest BCUT2D eigenvalue weighted by atomic mass is 127. The highest BCUT2D eigenvalue weighted by Gasteiger charge is 2.31. The Labute approximate surface area is 322 Å². The average molecular weight is 908 g/mol. The van der Waals surface area contributed by atoms with Crippen LogP contribution in [0.2, 0.25) is 30.1 Å². The molecule has 0 saturated carbocycles. The molecular formula is C29H22Cl6IN5O8. The molecule has 0 radical (unpaired) electrons. The van der Waals surface area contributed by atoms with E-state index in [9.17, 15) is 40.5 Å². The summed E-state index contributed by atoms with van der Waals surface area (Å²) in [7, 11) is 1.55. The molecule has 0 N–H and O–H groups in total. The van der Waals surface area contributed by atoms with Crippen LogP contribution in [-0.4, -0.2) is 31.7 Å². The number of nitro benzene ring substituents is 4. The van der Waals surface area contributed by atoms with Crippen molar-refractivity contribution in [2.24, 2.45) is 0 Å². The Morgan fingerprint density at radius 1 is 0.612 bits per heavy atom. The van der Waals surface area contributed by atoms with E-state index in [4.69, 9.17) is 69.6 Å². The monoisotopic (exact) mass is 905 g/mol. The van der Waals surface area contributed by atoms with Crippen LogP contribution in [0.4, 0.5) is 34.1 Å². The third kappa shape index (κ3) is 9.93. The maximum absolute atomic E-state index is 11.4. The van der Waals surface area contributed by atoms with Gasteiger partial charge in [0.15, 0.2) is 0 Å². The van der Waals surface area contributed by atoms with Gasteiger partial charge in [-0.1, -0.05) is 98.3 Å². The SMILES string of the molecule is CI.Cc1c(Cl)c([N+](=O)[O-])cc([N+](=O)[O-])c1Cc1ccc(Cl)cc1Cl.Cc1c(Cl)c([N+](=O)[O-])cc([N+](=O)[O-])c1N(C)c1ccc(Cl)cc1Cl. The number of hydrogen-bond donors (Lipinski definition) is 0. The van der Waals surface area contributed by atoms with E-state index in [0.29, 0.717) is 26.3 Å². The summed E-state index contributed by atoms with van der Waals surface area (Å²) in [5.74, 6) is 0. The van der Waals surface area contributed by atoms with E-state index in [0.717, 1.165) is 12.1 Å². The molecule has 20 heteroatoms. The van der Waals surface area contributed by atoms with Crippen molar-refractivity contribution < 1.29 is 19.7 Å². The summed E-state index contributed by atoms with van der Waals surface area (Å²) in [6.07, 6.45) is 0.107. The maximum atomic E-state index is 11.4. The van der Waals surface area contributed by atoms with Gasteiger partial charge in [0.05, 0.1) is 42.5 Å². The van der Waals surface area contributed by atoms with Crippen LogP contribution in [0.25, 0.3) is 0 Å². The first kappa shape index (κ1) is 41.9. The van der Waals surface area contributed by atoms with Crippen LogP contribution in [0.5, 0.6) is 0 Å². The van der Waals surface area contributed by atoms with Crippen molar-refractivity contribution >= 4 is 126 Å². The minimum atomic E-state index is -0.763. The maximum Gasteiger partial charge on any atom is 0.300 e. The van der Waals surface area contributed by atoms with Gasteiger partial charge in [0.2, 0.25) is 0 Å². The zero-order valence-corrected chi connectivity index (χ0v) is 32.2. The largest absolute Gasteiger partial charge is 0.338 e. The molecule has 0 unspecified atom stereocenters. The molecule has 0 aliphatic carbocycles. The molecule has 0 aliphatic rings. The second kappa shape index (κ2) is 18.1. The molecule has 4 aromatic rings. The van der Waals surface area contributed by atoms with Gasteiger partial charge in [-0.3, -0.25) is 40.5 Å². The Balaban J connectivity index is 0.000000324. The fourth-order valence-corrected chi connectivity index (χ4v) is 5.95. The van der Waals surface area contributed by atoms with E-state index in [1.165, 1.54) is 30.9 Å². The van der Waals surface area contributed by atoms with Crippen molar-refractivity contribution in [2.75, 3.05) is 16.9 Å². The first-order valence-electron chi connectivity index (χ1n) is 13.1. The van der Waals surface area contributed by atoms with Crippen LogP contribution < -0.4 is 4.90 Å². The number of nitro groups is 4. The van der Waals surface area contributed by atoms with Crippen molar-refractivity contribution in [3.8, 4) is 0 Å². The topological polar surface area (TPSA) is 176 Å². The van der Waals surface area contributed by atoms with E-state index in [1.54, 1.807) is 31.3 Å². The molecule has 0 bridgehead atoms. The van der Waals surface area contributed by atoms with Crippen molar-refractivity contribution in [3.63, 3.8) is 0 Å². The number of rotatable bonds is 8. The van der Waals surface area contributed by atoms with Crippen LogP contribution in [0.3, 0.4) is 0 Å². The zero-order valence-electron chi connectivity index (χ0n) is 25.5. The molecule has 13 nitrogen and oxygen atoms in total. The Morgan fingerprint density at radius 2 is 1.04 bits per heavy atom. The van der Waals surface area contributed by atoms with Crippen LogP contribution in [0.15, 0.2) is 48.5 Å². The molecule has 0 saturated heterocycles. The quantitative estimate of drug-likeness (QED) is 0.0720. The minimum absolute atomic E-state index is 0.107. The number of halogens is 7. The number of alkyl halides is 1. The Bertz CT molecular complexity index is 1970. The first-order chi connectivity index (χ1) is 22.9. The lowest BCUT2D eigenvalue weighted by Crippen LogP contribution is -2.14. The van der Waals surface area contributed by atoms with Gasteiger partial charge in [0.25, 0.3) is 22.7 Å². The molecule has 0 aliphatic heterocycles. The molecule has 0 heterocycles. The van der Waals surface area contributed by atoms with Gasteiger partial charge in [-0.2, -0.15) is 0 Å². The summed E-state index contributed by atoms with van der Waals surface area (Å²) in [4.78, 5) is 45.2. The first-order valence-corrected chi connectivity index (χ1v) is 17.5. The van der Waals surface area contributed by atoms with Gasteiger partial charge >= 0.3 is 0 Å². The molecule has 0 atom stereocenters. The Morgan fingerprint density at radius 3 is 1.49 bits per heavy atom. The Hall–Kier alpha value is -3.25. The van der Waals surface area contributed by atoms with Crippen LogP contribution in [-0.2, 0) is 6.42 Å². The molecule has 0 fully saturated rings. The van der Waals surface area contributed by atoms with Gasteiger partial charge in [-0.05, 0) is 60.2 Å². The summed E-state index contributed by atoms with van der Waals surface area (Å²) in [5, 5.41) is 45.9. The predicted molar refractivity (Wildman–Crippen MR) is 203 cm³/mol.